The lowest BCUT2D eigenvalue weighted by Gasteiger charge is -2.19. The van der Waals surface area contributed by atoms with Crippen molar-refractivity contribution in [3.8, 4) is 0 Å². The largest absolute Gasteiger partial charge is 0.443 e. The Labute approximate surface area is 148 Å². The van der Waals surface area contributed by atoms with Crippen molar-refractivity contribution in [1.82, 2.24) is 4.90 Å². The average molecular weight is 347 g/mol. The van der Waals surface area contributed by atoms with Crippen LogP contribution in [0.15, 0.2) is 41.9 Å². The van der Waals surface area contributed by atoms with E-state index < -0.39 is 11.7 Å². The Hall–Kier alpha value is -2.34. The number of anilines is 1. The molecule has 0 spiro atoms. The summed E-state index contributed by atoms with van der Waals surface area (Å²) in [7, 11) is 1.74. The lowest BCUT2D eigenvalue weighted by Crippen LogP contribution is -2.26. The summed E-state index contributed by atoms with van der Waals surface area (Å²) in [4.78, 5) is 15.4. The van der Waals surface area contributed by atoms with Crippen LogP contribution in [-0.2, 0) is 11.2 Å². The number of nitrogens with zero attached hydrogens (tertiary/aromatic N) is 2. The van der Waals surface area contributed by atoms with Crippen LogP contribution in [0.2, 0.25) is 0 Å². The maximum atomic E-state index is 14.3. The molecule has 2 N–H and O–H groups in total. The minimum Gasteiger partial charge on any atom is -0.443 e. The van der Waals surface area contributed by atoms with Gasteiger partial charge in [0, 0.05) is 13.2 Å². The van der Waals surface area contributed by atoms with E-state index in [1.165, 1.54) is 11.0 Å². The third-order valence-corrected chi connectivity index (χ3v) is 3.68. The zero-order valence-corrected chi connectivity index (χ0v) is 15.5. The van der Waals surface area contributed by atoms with Crippen LogP contribution in [0.5, 0.6) is 0 Å². The predicted molar refractivity (Wildman–Crippen MR) is 97.5 cm³/mol. The van der Waals surface area contributed by atoms with Gasteiger partial charge < -0.3 is 15.4 Å². The Bertz CT molecular complexity index is 720. The van der Waals surface area contributed by atoms with Crippen molar-refractivity contribution in [1.29, 1.82) is 0 Å². The zero-order chi connectivity index (χ0) is 18.8. The number of hydrogen-bond donors (Lipinski definition) is 1. The molecule has 1 aromatic rings. The van der Waals surface area contributed by atoms with E-state index in [1.54, 1.807) is 24.2 Å². The van der Waals surface area contributed by atoms with Crippen LogP contribution in [0.25, 0.3) is 0 Å². The number of ether oxygens (including phenoxy) is 1. The lowest BCUT2D eigenvalue weighted by atomic mass is 10.1. The summed E-state index contributed by atoms with van der Waals surface area (Å²) >= 11 is 0. The zero-order valence-electron chi connectivity index (χ0n) is 15.5. The Kier molecular flexibility index (Phi) is 5.52. The second-order valence-corrected chi connectivity index (χ2v) is 6.94. The number of hydrogen-bond acceptors (Lipinski definition) is 4. The minimum atomic E-state index is -0.569. The van der Waals surface area contributed by atoms with E-state index in [0.29, 0.717) is 24.4 Å². The molecule has 0 saturated carbocycles. The van der Waals surface area contributed by atoms with Gasteiger partial charge in [-0.1, -0.05) is 12.1 Å². The summed E-state index contributed by atoms with van der Waals surface area (Å²) < 4.78 is 19.7. The monoisotopic (exact) mass is 347 g/mol. The second kappa shape index (κ2) is 7.27. The standard InChI is InChI=1S/C19H26FN3O2/c1-6-15-17(23(15)18(24)25-19(2,3)4)12-22(5)16-8-7-13(9-10-21)11-14(16)20/h6-8,11-12H,9-10,21H2,1-5H3/b15-6+,17-12+. The Morgan fingerprint density at radius 1 is 1.36 bits per heavy atom. The van der Waals surface area contributed by atoms with Crippen LogP contribution in [0, 0.1) is 5.82 Å². The minimum absolute atomic E-state index is 0.322. The van der Waals surface area contributed by atoms with Gasteiger partial charge in [-0.3, -0.25) is 0 Å². The number of carbonyl (C=O) groups is 1. The molecule has 0 atom stereocenters. The summed E-state index contributed by atoms with van der Waals surface area (Å²) in [6.07, 6.45) is 3.75. The van der Waals surface area contributed by atoms with Gasteiger partial charge in [-0.25, -0.2) is 14.1 Å². The average Bonchev–Trinajstić information content (AvgIpc) is 3.18. The topological polar surface area (TPSA) is 58.6 Å². The number of amides is 1. The van der Waals surface area contributed by atoms with Crippen LogP contribution >= 0.6 is 0 Å². The summed E-state index contributed by atoms with van der Waals surface area (Å²) in [5.74, 6) is -0.322. The van der Waals surface area contributed by atoms with E-state index in [9.17, 15) is 9.18 Å². The number of rotatable bonds is 4. The highest BCUT2D eigenvalue weighted by Gasteiger charge is 2.42. The molecule has 136 valence electrons. The number of carbonyl (C=O) groups excluding carboxylic acids is 1. The van der Waals surface area contributed by atoms with Gasteiger partial charge in [0.15, 0.2) is 0 Å². The van der Waals surface area contributed by atoms with E-state index in [1.807, 2.05) is 39.8 Å². The maximum absolute atomic E-state index is 14.3. The number of halogens is 1. The molecule has 5 nitrogen and oxygen atoms in total. The molecular weight excluding hydrogens is 321 g/mol. The molecule has 1 aliphatic heterocycles. The van der Waals surface area contributed by atoms with Gasteiger partial charge in [0.1, 0.15) is 11.4 Å². The van der Waals surface area contributed by atoms with E-state index in [2.05, 4.69) is 0 Å². The van der Waals surface area contributed by atoms with Gasteiger partial charge in [0.05, 0.1) is 17.1 Å². The normalized spacial score (nSPS) is 17.2. The van der Waals surface area contributed by atoms with Crippen molar-refractivity contribution >= 4 is 11.8 Å². The number of benzene rings is 1. The first-order valence-electron chi connectivity index (χ1n) is 8.31. The van der Waals surface area contributed by atoms with Gasteiger partial charge in [-0.2, -0.15) is 0 Å². The Morgan fingerprint density at radius 3 is 2.56 bits per heavy atom. The van der Waals surface area contributed by atoms with Crippen molar-refractivity contribution in [2.75, 3.05) is 18.5 Å². The molecule has 25 heavy (non-hydrogen) atoms. The van der Waals surface area contributed by atoms with Gasteiger partial charge in [-0.05, 0) is 58.4 Å². The molecule has 2 rings (SSSR count). The third kappa shape index (κ3) is 4.60. The molecule has 1 amide bonds. The van der Waals surface area contributed by atoms with Crippen LogP contribution < -0.4 is 10.6 Å². The summed E-state index contributed by atoms with van der Waals surface area (Å²) in [6, 6.07) is 5.06. The SMILES string of the molecule is C/C=C1\C(=C/N(C)c2ccc(CCN)cc2F)N1C(=O)OC(C)(C)C. The second-order valence-electron chi connectivity index (χ2n) is 6.94. The fourth-order valence-corrected chi connectivity index (χ4v) is 2.51. The smallest absolute Gasteiger partial charge is 0.419 e. The first kappa shape index (κ1) is 19.0. The van der Waals surface area contributed by atoms with Crippen molar-refractivity contribution in [3.63, 3.8) is 0 Å². The molecule has 0 unspecified atom stereocenters. The molecule has 1 saturated heterocycles. The fourth-order valence-electron chi connectivity index (χ4n) is 2.51. The Morgan fingerprint density at radius 2 is 2.04 bits per heavy atom. The molecule has 0 radical (unpaired) electrons. The van der Waals surface area contributed by atoms with Gasteiger partial charge in [0.25, 0.3) is 0 Å². The molecule has 0 aliphatic carbocycles. The summed E-state index contributed by atoms with van der Waals surface area (Å²) in [6.45, 7) is 7.77. The van der Waals surface area contributed by atoms with Crippen molar-refractivity contribution in [2.45, 2.75) is 39.7 Å². The molecular formula is C19H26FN3O2. The predicted octanol–water partition coefficient (Wildman–Crippen LogP) is 3.76. The van der Waals surface area contributed by atoms with Crippen LogP contribution in [0.1, 0.15) is 33.3 Å². The third-order valence-electron chi connectivity index (χ3n) is 3.68. The molecule has 0 bridgehead atoms. The quantitative estimate of drug-likeness (QED) is 0.843. The summed E-state index contributed by atoms with van der Waals surface area (Å²) in [5, 5.41) is 0. The van der Waals surface area contributed by atoms with Crippen molar-refractivity contribution < 1.29 is 13.9 Å². The molecule has 1 aliphatic rings. The Balaban J connectivity index is 2.18. The molecule has 1 fully saturated rings. The highest BCUT2D eigenvalue weighted by atomic mass is 19.1. The van der Waals surface area contributed by atoms with E-state index in [-0.39, 0.29) is 5.82 Å². The van der Waals surface area contributed by atoms with Crippen molar-refractivity contribution in [2.24, 2.45) is 5.73 Å². The fraction of sp³-hybridized carbons (Fsp3) is 0.421. The van der Waals surface area contributed by atoms with E-state index in [4.69, 9.17) is 10.5 Å². The molecule has 1 aromatic carbocycles. The highest BCUT2D eigenvalue weighted by molar-refractivity contribution is 5.82. The van der Waals surface area contributed by atoms with E-state index >= 15 is 0 Å². The van der Waals surface area contributed by atoms with Crippen LogP contribution in [-0.4, -0.2) is 30.2 Å². The van der Waals surface area contributed by atoms with Gasteiger partial charge in [0.2, 0.25) is 0 Å². The van der Waals surface area contributed by atoms with Gasteiger partial charge in [-0.15, -0.1) is 0 Å². The lowest BCUT2D eigenvalue weighted by molar-refractivity contribution is 0.0447. The molecule has 1 heterocycles. The van der Waals surface area contributed by atoms with Crippen molar-refractivity contribution in [3.05, 3.63) is 53.2 Å². The first-order chi connectivity index (χ1) is 11.7. The maximum Gasteiger partial charge on any atom is 0.419 e. The molecule has 6 heteroatoms. The number of nitrogens with two attached hydrogens (primary N) is 1. The highest BCUT2D eigenvalue weighted by Crippen LogP contribution is 2.39. The van der Waals surface area contributed by atoms with Gasteiger partial charge >= 0.3 is 6.09 Å². The molecule has 0 aromatic heterocycles. The first-order valence-corrected chi connectivity index (χ1v) is 8.31. The van der Waals surface area contributed by atoms with E-state index in [0.717, 1.165) is 11.3 Å². The summed E-state index contributed by atoms with van der Waals surface area (Å²) in [5.41, 5.74) is 7.69. The number of allylic oxidation sites excluding steroid dienone is 1. The van der Waals surface area contributed by atoms with Crippen LogP contribution in [0.4, 0.5) is 14.9 Å². The van der Waals surface area contributed by atoms with Crippen LogP contribution in [0.3, 0.4) is 0 Å².